The van der Waals surface area contributed by atoms with Crippen LogP contribution in [0.15, 0.2) is 70.5 Å². The highest BCUT2D eigenvalue weighted by Gasteiger charge is 2.19. The summed E-state index contributed by atoms with van der Waals surface area (Å²) >= 11 is 0. The van der Waals surface area contributed by atoms with E-state index in [9.17, 15) is 16.8 Å². The maximum Gasteiger partial charge on any atom is 0.262 e. The van der Waals surface area contributed by atoms with Crippen molar-refractivity contribution in [2.75, 3.05) is 22.7 Å². The van der Waals surface area contributed by atoms with Crippen molar-refractivity contribution in [3.8, 4) is 11.5 Å². The standard InChI is InChI=1S/C24H28N2O6S2/c1-5-31-23-14-13-21(16-24(23)32-6-2)34(29,30)25-19-9-11-20(12-10-19)33(27,28)26-22-15-17(3)7-8-18(22)4/h7-16,25-26H,5-6H2,1-4H3. The smallest absolute Gasteiger partial charge is 0.262 e. The second kappa shape index (κ2) is 10.4. The van der Waals surface area contributed by atoms with E-state index in [4.69, 9.17) is 9.47 Å². The first-order chi connectivity index (χ1) is 16.1. The van der Waals surface area contributed by atoms with Crippen molar-refractivity contribution in [1.82, 2.24) is 0 Å². The Morgan fingerprint density at radius 2 is 1.26 bits per heavy atom. The van der Waals surface area contributed by atoms with E-state index in [0.29, 0.717) is 30.4 Å². The third kappa shape index (κ3) is 6.00. The minimum absolute atomic E-state index is 0.00677. The molecule has 0 aliphatic rings. The monoisotopic (exact) mass is 504 g/mol. The number of hydrogen-bond donors (Lipinski definition) is 2. The Kier molecular flexibility index (Phi) is 7.73. The van der Waals surface area contributed by atoms with E-state index in [1.807, 2.05) is 32.9 Å². The van der Waals surface area contributed by atoms with Gasteiger partial charge in [0.1, 0.15) is 0 Å². The van der Waals surface area contributed by atoms with Crippen molar-refractivity contribution in [3.63, 3.8) is 0 Å². The summed E-state index contributed by atoms with van der Waals surface area (Å²) in [7, 11) is -7.79. The van der Waals surface area contributed by atoms with E-state index in [1.165, 1.54) is 42.5 Å². The van der Waals surface area contributed by atoms with Gasteiger partial charge in [-0.25, -0.2) is 16.8 Å². The Balaban J connectivity index is 1.81. The van der Waals surface area contributed by atoms with Gasteiger partial charge in [-0.05, 0) is 81.3 Å². The summed E-state index contributed by atoms with van der Waals surface area (Å²) in [6.07, 6.45) is 0. The molecule has 0 aromatic heterocycles. The predicted molar refractivity (Wildman–Crippen MR) is 133 cm³/mol. The number of anilines is 2. The van der Waals surface area contributed by atoms with Crippen LogP contribution in [0.25, 0.3) is 0 Å². The summed E-state index contributed by atoms with van der Waals surface area (Å²) in [4.78, 5) is 0.00347. The van der Waals surface area contributed by atoms with Gasteiger partial charge in [0.2, 0.25) is 0 Å². The van der Waals surface area contributed by atoms with E-state index in [0.717, 1.165) is 11.1 Å². The summed E-state index contributed by atoms with van der Waals surface area (Å²) in [5.41, 5.74) is 2.43. The number of rotatable bonds is 10. The Labute approximate surface area is 201 Å². The van der Waals surface area contributed by atoms with Gasteiger partial charge in [0.25, 0.3) is 20.0 Å². The van der Waals surface area contributed by atoms with Crippen molar-refractivity contribution in [2.24, 2.45) is 0 Å². The van der Waals surface area contributed by atoms with E-state index >= 15 is 0 Å². The van der Waals surface area contributed by atoms with E-state index in [-0.39, 0.29) is 15.5 Å². The van der Waals surface area contributed by atoms with E-state index < -0.39 is 20.0 Å². The Hall–Kier alpha value is -3.24. The average Bonchev–Trinajstić information content (AvgIpc) is 2.77. The van der Waals surface area contributed by atoms with Crippen LogP contribution < -0.4 is 18.9 Å². The number of benzene rings is 3. The molecule has 2 N–H and O–H groups in total. The van der Waals surface area contributed by atoms with Crippen LogP contribution in [0, 0.1) is 13.8 Å². The van der Waals surface area contributed by atoms with Crippen LogP contribution in [0.2, 0.25) is 0 Å². The minimum Gasteiger partial charge on any atom is -0.490 e. The molecule has 3 aromatic rings. The van der Waals surface area contributed by atoms with Crippen molar-refractivity contribution >= 4 is 31.4 Å². The van der Waals surface area contributed by atoms with Crippen LogP contribution in [0.5, 0.6) is 11.5 Å². The van der Waals surface area contributed by atoms with Crippen LogP contribution in [0.4, 0.5) is 11.4 Å². The molecule has 34 heavy (non-hydrogen) atoms. The normalized spacial score (nSPS) is 11.6. The predicted octanol–water partition coefficient (Wildman–Crippen LogP) is 4.70. The second-order valence-electron chi connectivity index (χ2n) is 7.53. The lowest BCUT2D eigenvalue weighted by Crippen LogP contribution is -2.15. The number of ether oxygens (including phenoxy) is 2. The van der Waals surface area contributed by atoms with Gasteiger partial charge >= 0.3 is 0 Å². The first-order valence-corrected chi connectivity index (χ1v) is 13.6. The molecule has 0 spiro atoms. The largest absolute Gasteiger partial charge is 0.490 e. The molecule has 0 saturated carbocycles. The molecular weight excluding hydrogens is 476 g/mol. The number of nitrogens with one attached hydrogen (secondary N) is 2. The van der Waals surface area contributed by atoms with Crippen LogP contribution in [0.3, 0.4) is 0 Å². The van der Waals surface area contributed by atoms with Gasteiger partial charge in [0, 0.05) is 11.8 Å². The molecule has 8 nitrogen and oxygen atoms in total. The highest BCUT2D eigenvalue weighted by molar-refractivity contribution is 7.93. The number of aryl methyl sites for hydroxylation is 2. The molecule has 182 valence electrons. The SMILES string of the molecule is CCOc1ccc(S(=O)(=O)Nc2ccc(S(=O)(=O)Nc3cc(C)ccc3C)cc2)cc1OCC. The van der Waals surface area contributed by atoms with Gasteiger partial charge in [-0.2, -0.15) is 0 Å². The van der Waals surface area contributed by atoms with Gasteiger partial charge in [0.15, 0.2) is 11.5 Å². The maximum atomic E-state index is 12.9. The molecule has 0 amide bonds. The average molecular weight is 505 g/mol. The summed E-state index contributed by atoms with van der Waals surface area (Å²) in [6.45, 7) is 8.07. The topological polar surface area (TPSA) is 111 Å². The zero-order valence-electron chi connectivity index (χ0n) is 19.5. The lowest BCUT2D eigenvalue weighted by Gasteiger charge is -2.14. The highest BCUT2D eigenvalue weighted by Crippen LogP contribution is 2.31. The third-order valence-electron chi connectivity index (χ3n) is 4.88. The molecule has 10 heteroatoms. The number of hydrogen-bond acceptors (Lipinski definition) is 6. The molecule has 0 unspecified atom stereocenters. The zero-order valence-corrected chi connectivity index (χ0v) is 21.1. The maximum absolute atomic E-state index is 12.9. The molecule has 0 aliphatic carbocycles. The molecule has 0 radical (unpaired) electrons. The first kappa shape index (κ1) is 25.4. The fourth-order valence-electron chi connectivity index (χ4n) is 3.16. The minimum atomic E-state index is -3.94. The van der Waals surface area contributed by atoms with Crippen LogP contribution in [-0.4, -0.2) is 30.0 Å². The van der Waals surface area contributed by atoms with Gasteiger partial charge in [-0.1, -0.05) is 12.1 Å². The molecule has 3 aromatic carbocycles. The quantitative estimate of drug-likeness (QED) is 0.414. The molecule has 3 rings (SSSR count). The third-order valence-corrected chi connectivity index (χ3v) is 7.64. The van der Waals surface area contributed by atoms with Crippen LogP contribution in [-0.2, 0) is 20.0 Å². The fourth-order valence-corrected chi connectivity index (χ4v) is 5.36. The van der Waals surface area contributed by atoms with Crippen molar-refractivity contribution < 1.29 is 26.3 Å². The lowest BCUT2D eigenvalue weighted by atomic mass is 10.1. The summed E-state index contributed by atoms with van der Waals surface area (Å²) in [5, 5.41) is 0. The summed E-state index contributed by atoms with van der Waals surface area (Å²) < 4.78 is 67.4. The van der Waals surface area contributed by atoms with Crippen LogP contribution in [0.1, 0.15) is 25.0 Å². The Morgan fingerprint density at radius 3 is 1.91 bits per heavy atom. The molecular formula is C24H28N2O6S2. The second-order valence-corrected chi connectivity index (χ2v) is 10.9. The van der Waals surface area contributed by atoms with Gasteiger partial charge in [-0.15, -0.1) is 0 Å². The highest BCUT2D eigenvalue weighted by atomic mass is 32.2. The Morgan fingerprint density at radius 1 is 0.676 bits per heavy atom. The molecule has 0 heterocycles. The molecule has 0 fully saturated rings. The Bertz CT molecular complexity index is 1370. The van der Waals surface area contributed by atoms with Gasteiger partial charge in [0.05, 0.1) is 28.7 Å². The molecule has 0 aliphatic heterocycles. The molecule has 0 bridgehead atoms. The lowest BCUT2D eigenvalue weighted by molar-refractivity contribution is 0.287. The van der Waals surface area contributed by atoms with Gasteiger partial charge < -0.3 is 9.47 Å². The van der Waals surface area contributed by atoms with Crippen molar-refractivity contribution in [3.05, 3.63) is 71.8 Å². The summed E-state index contributed by atoms with van der Waals surface area (Å²) in [6, 6.07) is 15.3. The first-order valence-electron chi connectivity index (χ1n) is 10.7. The zero-order chi connectivity index (χ0) is 24.9. The van der Waals surface area contributed by atoms with Crippen LogP contribution >= 0.6 is 0 Å². The summed E-state index contributed by atoms with van der Waals surface area (Å²) in [5.74, 6) is 0.778. The molecule has 0 saturated heterocycles. The number of sulfonamides is 2. The van der Waals surface area contributed by atoms with Gasteiger partial charge in [-0.3, -0.25) is 9.44 Å². The fraction of sp³-hybridized carbons (Fsp3) is 0.250. The van der Waals surface area contributed by atoms with E-state index in [1.54, 1.807) is 13.0 Å². The van der Waals surface area contributed by atoms with Crippen molar-refractivity contribution in [2.45, 2.75) is 37.5 Å². The molecule has 0 atom stereocenters. The van der Waals surface area contributed by atoms with Crippen molar-refractivity contribution in [1.29, 1.82) is 0 Å². The van der Waals surface area contributed by atoms with E-state index in [2.05, 4.69) is 9.44 Å².